The lowest BCUT2D eigenvalue weighted by Crippen LogP contribution is -2.16. The summed E-state index contributed by atoms with van der Waals surface area (Å²) in [6, 6.07) is 4.24. The highest BCUT2D eigenvalue weighted by atomic mass is 32.2. The Morgan fingerprint density at radius 3 is 2.50 bits per heavy atom. The number of nitrogens with one attached hydrogen (secondary N) is 2. The number of aromatic carboxylic acids is 1. The van der Waals surface area contributed by atoms with E-state index in [-0.39, 0.29) is 16.1 Å². The third kappa shape index (κ3) is 3.09. The van der Waals surface area contributed by atoms with Gasteiger partial charge in [0, 0.05) is 17.8 Å². The summed E-state index contributed by atoms with van der Waals surface area (Å²) in [4.78, 5) is 24.1. The van der Waals surface area contributed by atoms with Gasteiger partial charge >= 0.3 is 5.97 Å². The van der Waals surface area contributed by atoms with Crippen molar-refractivity contribution in [2.24, 2.45) is 0 Å². The van der Waals surface area contributed by atoms with E-state index in [1.165, 1.54) is 19.2 Å². The minimum absolute atomic E-state index is 0.138. The number of phenols is 1. The fourth-order valence-corrected chi connectivity index (χ4v) is 2.79. The lowest BCUT2D eigenvalue weighted by molar-refractivity contribution is 0.0693. The number of benzene rings is 1. The van der Waals surface area contributed by atoms with Crippen molar-refractivity contribution >= 4 is 21.7 Å². The molecule has 0 radical (unpaired) electrons. The molecule has 22 heavy (non-hydrogen) atoms. The molecule has 9 heteroatoms. The Hall–Kier alpha value is -2.81. The summed E-state index contributed by atoms with van der Waals surface area (Å²) >= 11 is 0. The number of aromatic nitrogens is 1. The highest BCUT2D eigenvalue weighted by Gasteiger charge is 2.18. The second-order valence-corrected chi connectivity index (χ2v) is 6.17. The zero-order valence-corrected chi connectivity index (χ0v) is 12.1. The Morgan fingerprint density at radius 1 is 1.27 bits per heavy atom. The van der Waals surface area contributed by atoms with Gasteiger partial charge in [-0.05, 0) is 25.1 Å². The molecule has 116 valence electrons. The van der Waals surface area contributed by atoms with Gasteiger partial charge in [0.1, 0.15) is 11.3 Å². The second-order valence-electron chi connectivity index (χ2n) is 4.49. The van der Waals surface area contributed by atoms with Crippen LogP contribution in [-0.4, -0.2) is 29.6 Å². The number of H-pyrrole nitrogens is 1. The van der Waals surface area contributed by atoms with Crippen molar-refractivity contribution in [3.8, 4) is 5.75 Å². The van der Waals surface area contributed by atoms with E-state index in [0.717, 1.165) is 18.2 Å². The molecule has 0 saturated carbocycles. The highest BCUT2D eigenvalue weighted by Crippen LogP contribution is 2.23. The molecule has 1 heterocycles. The third-order valence-corrected chi connectivity index (χ3v) is 4.23. The van der Waals surface area contributed by atoms with Crippen molar-refractivity contribution in [3.05, 3.63) is 51.9 Å². The Balaban J connectivity index is 2.38. The maximum absolute atomic E-state index is 12.2. The van der Waals surface area contributed by atoms with E-state index < -0.39 is 27.3 Å². The van der Waals surface area contributed by atoms with Crippen molar-refractivity contribution in [1.29, 1.82) is 0 Å². The smallest absolute Gasteiger partial charge is 0.339 e. The molecule has 0 unspecified atom stereocenters. The maximum atomic E-state index is 12.2. The summed E-state index contributed by atoms with van der Waals surface area (Å²) < 4.78 is 26.6. The van der Waals surface area contributed by atoms with Gasteiger partial charge in [-0.1, -0.05) is 0 Å². The molecule has 0 aliphatic rings. The number of aromatic amines is 1. The first kappa shape index (κ1) is 15.6. The lowest BCUT2D eigenvalue weighted by atomic mass is 10.2. The summed E-state index contributed by atoms with van der Waals surface area (Å²) in [5, 5.41) is 18.3. The topological polar surface area (TPSA) is 137 Å². The number of hydrogen-bond donors (Lipinski definition) is 4. The number of carboxylic acids is 1. The molecule has 0 fully saturated rings. The molecule has 0 bridgehead atoms. The quantitative estimate of drug-likeness (QED) is 0.659. The SMILES string of the molecule is Cc1cc(NS(=O)(=O)c2ccc(C(=O)O)c(O)c2)c[nH]c1=O. The van der Waals surface area contributed by atoms with Gasteiger partial charge in [-0.25, -0.2) is 13.2 Å². The van der Waals surface area contributed by atoms with Crippen LogP contribution in [0.15, 0.2) is 40.2 Å². The largest absolute Gasteiger partial charge is 0.507 e. The van der Waals surface area contributed by atoms with E-state index in [1.54, 1.807) is 0 Å². The average molecular weight is 324 g/mol. The molecule has 4 N–H and O–H groups in total. The predicted octanol–water partition coefficient (Wildman–Crippen LogP) is 0.888. The fourth-order valence-electron chi connectivity index (χ4n) is 1.73. The number of anilines is 1. The summed E-state index contributed by atoms with van der Waals surface area (Å²) in [5.41, 5.74) is -0.284. The van der Waals surface area contributed by atoms with Gasteiger partial charge < -0.3 is 15.2 Å². The molecule has 1 aromatic heterocycles. The van der Waals surface area contributed by atoms with E-state index in [9.17, 15) is 23.1 Å². The summed E-state index contributed by atoms with van der Waals surface area (Å²) in [7, 11) is -4.03. The van der Waals surface area contributed by atoms with Crippen molar-refractivity contribution in [1.82, 2.24) is 4.98 Å². The Morgan fingerprint density at radius 2 is 1.95 bits per heavy atom. The number of hydrogen-bond acceptors (Lipinski definition) is 5. The van der Waals surface area contributed by atoms with E-state index in [1.807, 2.05) is 0 Å². The van der Waals surface area contributed by atoms with Crippen LogP contribution >= 0.6 is 0 Å². The van der Waals surface area contributed by atoms with Crippen LogP contribution in [0.1, 0.15) is 15.9 Å². The minimum Gasteiger partial charge on any atom is -0.507 e. The van der Waals surface area contributed by atoms with Gasteiger partial charge in [-0.2, -0.15) is 0 Å². The Bertz CT molecular complexity index is 901. The lowest BCUT2D eigenvalue weighted by Gasteiger charge is -2.09. The molecule has 0 aliphatic heterocycles. The van der Waals surface area contributed by atoms with Crippen molar-refractivity contribution < 1.29 is 23.4 Å². The Kier molecular flexibility index (Phi) is 3.91. The molecule has 2 rings (SSSR count). The van der Waals surface area contributed by atoms with Gasteiger partial charge in [0.05, 0.1) is 10.6 Å². The van der Waals surface area contributed by atoms with E-state index in [0.29, 0.717) is 5.56 Å². The number of aryl methyl sites for hydroxylation is 1. The number of pyridine rings is 1. The number of sulfonamides is 1. The van der Waals surface area contributed by atoms with Crippen LogP contribution in [0.25, 0.3) is 0 Å². The van der Waals surface area contributed by atoms with Gasteiger partial charge in [0.25, 0.3) is 15.6 Å². The van der Waals surface area contributed by atoms with Crippen LogP contribution in [0, 0.1) is 6.92 Å². The summed E-state index contributed by atoms with van der Waals surface area (Å²) in [5.74, 6) is -2.03. The molecule has 2 aromatic rings. The standard InChI is InChI=1S/C13H12N2O6S/c1-7-4-8(6-14-12(7)17)15-22(20,21)9-2-3-10(13(18)19)11(16)5-9/h2-6,15-16H,1H3,(H,14,17)(H,18,19). The van der Waals surface area contributed by atoms with E-state index in [4.69, 9.17) is 5.11 Å². The predicted molar refractivity (Wildman–Crippen MR) is 77.7 cm³/mol. The average Bonchev–Trinajstić information content (AvgIpc) is 2.42. The molecular weight excluding hydrogens is 312 g/mol. The van der Waals surface area contributed by atoms with Gasteiger partial charge in [-0.3, -0.25) is 9.52 Å². The molecule has 1 aromatic carbocycles. The van der Waals surface area contributed by atoms with Crippen LogP contribution in [0.4, 0.5) is 5.69 Å². The van der Waals surface area contributed by atoms with Gasteiger partial charge in [0.2, 0.25) is 0 Å². The number of aromatic hydroxyl groups is 1. The van der Waals surface area contributed by atoms with Gasteiger partial charge in [0.15, 0.2) is 0 Å². The summed E-state index contributed by atoms with van der Waals surface area (Å²) in [6.45, 7) is 1.52. The van der Waals surface area contributed by atoms with Crippen LogP contribution < -0.4 is 10.3 Å². The van der Waals surface area contributed by atoms with Crippen molar-refractivity contribution in [2.45, 2.75) is 11.8 Å². The molecule has 0 atom stereocenters. The molecule has 8 nitrogen and oxygen atoms in total. The zero-order chi connectivity index (χ0) is 16.5. The van der Waals surface area contributed by atoms with E-state index >= 15 is 0 Å². The van der Waals surface area contributed by atoms with Crippen molar-refractivity contribution in [3.63, 3.8) is 0 Å². The maximum Gasteiger partial charge on any atom is 0.339 e. The molecule has 0 amide bonds. The fraction of sp³-hybridized carbons (Fsp3) is 0.0769. The third-order valence-electron chi connectivity index (χ3n) is 2.85. The van der Waals surface area contributed by atoms with E-state index in [2.05, 4.69) is 9.71 Å². The normalized spacial score (nSPS) is 11.1. The number of carboxylic acid groups (broad SMARTS) is 1. The molecule has 0 saturated heterocycles. The number of rotatable bonds is 4. The monoisotopic (exact) mass is 324 g/mol. The molecule has 0 aliphatic carbocycles. The Labute approximate surface area is 125 Å². The van der Waals surface area contributed by atoms with Crippen LogP contribution in [-0.2, 0) is 10.0 Å². The van der Waals surface area contributed by atoms with Crippen LogP contribution in [0.2, 0.25) is 0 Å². The minimum atomic E-state index is -4.03. The number of carbonyl (C=O) groups is 1. The van der Waals surface area contributed by atoms with Crippen LogP contribution in [0.5, 0.6) is 5.75 Å². The first-order valence-electron chi connectivity index (χ1n) is 5.99. The molecular formula is C13H12N2O6S. The first-order chi connectivity index (χ1) is 10.2. The zero-order valence-electron chi connectivity index (χ0n) is 11.3. The van der Waals surface area contributed by atoms with Crippen molar-refractivity contribution in [2.75, 3.05) is 4.72 Å². The van der Waals surface area contributed by atoms with Gasteiger partial charge in [-0.15, -0.1) is 0 Å². The van der Waals surface area contributed by atoms with Crippen LogP contribution in [0.3, 0.4) is 0 Å². The summed E-state index contributed by atoms with van der Waals surface area (Å²) in [6.07, 6.45) is 1.19. The molecule has 0 spiro atoms. The first-order valence-corrected chi connectivity index (χ1v) is 7.47. The second kappa shape index (κ2) is 5.53. The highest BCUT2D eigenvalue weighted by molar-refractivity contribution is 7.92.